The molecular weight excluding hydrogens is 395 g/mol. The first-order chi connectivity index (χ1) is 10.5. The van der Waals surface area contributed by atoms with Gasteiger partial charge in [0.05, 0.1) is 9.62 Å². The van der Waals surface area contributed by atoms with Crippen LogP contribution in [-0.4, -0.2) is 48.0 Å². The maximum Gasteiger partial charge on any atom is 0.220 e. The lowest BCUT2D eigenvalue weighted by Gasteiger charge is -2.38. The Kier molecular flexibility index (Phi) is 4.14. The van der Waals surface area contributed by atoms with Crippen LogP contribution in [-0.2, 0) is 4.79 Å². The van der Waals surface area contributed by atoms with Crippen LogP contribution in [0.15, 0.2) is 33.4 Å². The zero-order valence-corrected chi connectivity index (χ0v) is 14.2. The topological polar surface area (TPSA) is 66.5 Å². The molecule has 1 unspecified atom stereocenters. The van der Waals surface area contributed by atoms with Crippen molar-refractivity contribution in [3.05, 3.63) is 44.5 Å². The van der Waals surface area contributed by atoms with Gasteiger partial charge in [-0.25, -0.2) is 0 Å². The van der Waals surface area contributed by atoms with Gasteiger partial charge in [-0.2, -0.15) is 0 Å². The van der Waals surface area contributed by atoms with E-state index in [2.05, 4.69) is 5.32 Å². The average Bonchev–Trinajstić information content (AvgIpc) is 2.53. The minimum atomic E-state index is -0.386. The SMILES string of the molecule is CC(=O)N1CCNCC1C1=C(I)C(=O)c2ccccc2C1=O. The van der Waals surface area contributed by atoms with E-state index in [0.717, 1.165) is 0 Å². The number of fused-ring (bicyclic) bond motifs is 1. The Hall–Kier alpha value is -1.54. The number of piperazine rings is 1. The predicted octanol–water partition coefficient (Wildman–Crippen LogP) is 1.58. The van der Waals surface area contributed by atoms with Crippen molar-refractivity contribution in [2.75, 3.05) is 19.6 Å². The fraction of sp³-hybridized carbons (Fsp3) is 0.312. The molecule has 5 nitrogen and oxygen atoms in total. The van der Waals surface area contributed by atoms with E-state index in [-0.39, 0.29) is 23.5 Å². The maximum absolute atomic E-state index is 12.9. The van der Waals surface area contributed by atoms with Crippen LogP contribution in [0.4, 0.5) is 0 Å². The molecule has 6 heteroatoms. The Morgan fingerprint density at radius 3 is 2.50 bits per heavy atom. The highest BCUT2D eigenvalue weighted by atomic mass is 127. The second kappa shape index (κ2) is 5.92. The maximum atomic E-state index is 12.9. The second-order valence-electron chi connectivity index (χ2n) is 5.36. The molecule has 1 amide bonds. The Morgan fingerprint density at radius 1 is 1.23 bits per heavy atom. The molecule has 1 saturated heterocycles. The number of allylic oxidation sites excluding steroid dienone is 1. The molecule has 22 heavy (non-hydrogen) atoms. The number of amides is 1. The molecule has 3 rings (SSSR count). The van der Waals surface area contributed by atoms with Crippen LogP contribution in [0.5, 0.6) is 0 Å². The van der Waals surface area contributed by atoms with E-state index >= 15 is 0 Å². The van der Waals surface area contributed by atoms with Crippen molar-refractivity contribution in [1.29, 1.82) is 0 Å². The van der Waals surface area contributed by atoms with Crippen molar-refractivity contribution in [3.63, 3.8) is 0 Å². The standard InChI is InChI=1S/C16H15IN2O3/c1-9(20)19-7-6-18-8-12(19)13-14(17)16(22)11-5-3-2-4-10(11)15(13)21/h2-5,12,18H,6-8H2,1H3. The zero-order chi connectivity index (χ0) is 15.9. The fourth-order valence-corrected chi connectivity index (χ4v) is 3.90. The number of carbonyl (C=O) groups is 3. The minimum Gasteiger partial charge on any atom is -0.333 e. The number of halogens is 1. The van der Waals surface area contributed by atoms with Gasteiger partial charge in [-0.3, -0.25) is 14.4 Å². The first-order valence-corrected chi connectivity index (χ1v) is 8.16. The molecule has 0 aromatic heterocycles. The number of rotatable bonds is 1. The monoisotopic (exact) mass is 410 g/mol. The highest BCUT2D eigenvalue weighted by Crippen LogP contribution is 2.33. The molecule has 1 heterocycles. The Balaban J connectivity index is 2.10. The third-order valence-corrected chi connectivity index (χ3v) is 5.15. The van der Waals surface area contributed by atoms with E-state index in [4.69, 9.17) is 0 Å². The second-order valence-corrected chi connectivity index (χ2v) is 6.44. The van der Waals surface area contributed by atoms with Crippen LogP contribution >= 0.6 is 22.6 Å². The van der Waals surface area contributed by atoms with E-state index < -0.39 is 0 Å². The third kappa shape index (κ3) is 2.40. The van der Waals surface area contributed by atoms with Crippen LogP contribution in [0.25, 0.3) is 0 Å². The summed E-state index contributed by atoms with van der Waals surface area (Å²) in [5.41, 5.74) is 1.31. The minimum absolute atomic E-state index is 0.0812. The smallest absolute Gasteiger partial charge is 0.220 e. The summed E-state index contributed by atoms with van der Waals surface area (Å²) >= 11 is 1.94. The molecule has 1 aliphatic carbocycles. The Bertz CT molecular complexity index is 711. The summed E-state index contributed by atoms with van der Waals surface area (Å²) in [6.45, 7) is 3.21. The summed E-state index contributed by atoms with van der Waals surface area (Å²) in [5.74, 6) is -0.373. The number of Topliss-reactive ketones (excluding diaryl/α,β-unsaturated/α-hetero) is 2. The van der Waals surface area contributed by atoms with Gasteiger partial charge in [0.2, 0.25) is 5.91 Å². The molecule has 0 radical (unpaired) electrons. The molecule has 1 atom stereocenters. The van der Waals surface area contributed by atoms with Crippen molar-refractivity contribution in [3.8, 4) is 0 Å². The van der Waals surface area contributed by atoms with Crippen LogP contribution in [0.2, 0.25) is 0 Å². The molecule has 1 aliphatic heterocycles. The highest BCUT2D eigenvalue weighted by molar-refractivity contribution is 14.1. The molecule has 0 saturated carbocycles. The summed E-state index contributed by atoms with van der Waals surface area (Å²) < 4.78 is 0.418. The first kappa shape index (κ1) is 15.4. The molecule has 1 aromatic carbocycles. The van der Waals surface area contributed by atoms with Crippen LogP contribution < -0.4 is 5.32 Å². The quantitative estimate of drug-likeness (QED) is 0.715. The predicted molar refractivity (Wildman–Crippen MR) is 90.2 cm³/mol. The summed E-state index contributed by atoms with van der Waals surface area (Å²) in [4.78, 5) is 38.9. The number of benzene rings is 1. The molecule has 0 bridgehead atoms. The van der Waals surface area contributed by atoms with Gasteiger partial charge in [-0.1, -0.05) is 24.3 Å². The van der Waals surface area contributed by atoms with E-state index in [0.29, 0.717) is 39.9 Å². The number of ketones is 2. The lowest BCUT2D eigenvalue weighted by molar-refractivity contribution is -0.131. The van der Waals surface area contributed by atoms with E-state index in [1.807, 2.05) is 22.6 Å². The van der Waals surface area contributed by atoms with Gasteiger partial charge >= 0.3 is 0 Å². The molecule has 2 aliphatic rings. The van der Waals surface area contributed by atoms with E-state index in [1.54, 1.807) is 29.2 Å². The number of nitrogens with zero attached hydrogens (tertiary/aromatic N) is 1. The van der Waals surface area contributed by atoms with Gasteiger partial charge in [0.15, 0.2) is 11.6 Å². The Morgan fingerprint density at radius 2 is 1.86 bits per heavy atom. The van der Waals surface area contributed by atoms with Crippen molar-refractivity contribution in [2.24, 2.45) is 0 Å². The Labute approximate surface area is 141 Å². The largest absolute Gasteiger partial charge is 0.333 e. The van der Waals surface area contributed by atoms with Crippen molar-refractivity contribution < 1.29 is 14.4 Å². The van der Waals surface area contributed by atoms with E-state index in [9.17, 15) is 14.4 Å². The number of hydrogen-bond acceptors (Lipinski definition) is 4. The van der Waals surface area contributed by atoms with Gasteiger partial charge in [0, 0.05) is 43.3 Å². The van der Waals surface area contributed by atoms with Crippen molar-refractivity contribution in [1.82, 2.24) is 10.2 Å². The molecule has 1 fully saturated rings. The summed E-state index contributed by atoms with van der Waals surface area (Å²) in [5, 5.41) is 3.20. The summed E-state index contributed by atoms with van der Waals surface area (Å²) in [7, 11) is 0. The molecule has 1 aromatic rings. The van der Waals surface area contributed by atoms with Crippen LogP contribution in [0.1, 0.15) is 27.6 Å². The molecule has 114 valence electrons. The number of hydrogen-bond donors (Lipinski definition) is 1. The summed E-state index contributed by atoms with van der Waals surface area (Å²) in [6, 6.07) is 6.47. The highest BCUT2D eigenvalue weighted by Gasteiger charge is 2.38. The average molecular weight is 410 g/mol. The molecule has 0 spiro atoms. The fourth-order valence-electron chi connectivity index (χ4n) is 3.00. The first-order valence-electron chi connectivity index (χ1n) is 7.08. The molecule has 1 N–H and O–H groups in total. The zero-order valence-electron chi connectivity index (χ0n) is 12.1. The van der Waals surface area contributed by atoms with Crippen LogP contribution in [0, 0.1) is 0 Å². The molecular formula is C16H15IN2O3. The van der Waals surface area contributed by atoms with Crippen LogP contribution in [0.3, 0.4) is 0 Å². The van der Waals surface area contributed by atoms with Gasteiger partial charge in [0.25, 0.3) is 0 Å². The lowest BCUT2D eigenvalue weighted by atomic mass is 9.85. The van der Waals surface area contributed by atoms with Gasteiger partial charge in [-0.15, -0.1) is 0 Å². The van der Waals surface area contributed by atoms with Gasteiger partial charge in [-0.05, 0) is 22.6 Å². The van der Waals surface area contributed by atoms with Gasteiger partial charge < -0.3 is 10.2 Å². The number of nitrogens with one attached hydrogen (secondary N) is 1. The normalized spacial score (nSPS) is 21.9. The van der Waals surface area contributed by atoms with Gasteiger partial charge in [0.1, 0.15) is 0 Å². The van der Waals surface area contributed by atoms with E-state index in [1.165, 1.54) is 6.92 Å². The summed E-state index contributed by atoms with van der Waals surface area (Å²) in [6.07, 6.45) is 0. The van der Waals surface area contributed by atoms with Crippen molar-refractivity contribution >= 4 is 40.1 Å². The third-order valence-electron chi connectivity index (χ3n) is 4.08. The lowest BCUT2D eigenvalue weighted by Crippen LogP contribution is -2.55. The van der Waals surface area contributed by atoms with Crippen molar-refractivity contribution in [2.45, 2.75) is 13.0 Å². The number of carbonyl (C=O) groups excluding carboxylic acids is 3.